The fourth-order valence-electron chi connectivity index (χ4n) is 2.32. The molecule has 0 aliphatic heterocycles. The molecule has 2 N–H and O–H groups in total. The Hall–Kier alpha value is -2.95. The fraction of sp³-hybridized carbons (Fsp3) is 0.158. The van der Waals surface area contributed by atoms with Gasteiger partial charge in [-0.05, 0) is 55.3 Å². The first-order valence-corrected chi connectivity index (χ1v) is 7.86. The molecule has 0 aliphatic rings. The highest BCUT2D eigenvalue weighted by atomic mass is 19.1. The summed E-state index contributed by atoms with van der Waals surface area (Å²) in [6.45, 7) is 4.03. The first kappa shape index (κ1) is 15.9. The number of hydrogen-bond donors (Lipinski definition) is 2. The molecule has 24 heavy (non-hydrogen) atoms. The van der Waals surface area contributed by atoms with Crippen LogP contribution in [0, 0.1) is 12.7 Å². The van der Waals surface area contributed by atoms with Crippen molar-refractivity contribution >= 4 is 23.1 Å². The molecule has 122 valence electrons. The van der Waals surface area contributed by atoms with Crippen LogP contribution in [0.2, 0.25) is 0 Å². The van der Waals surface area contributed by atoms with Crippen LogP contribution in [0.4, 0.5) is 27.5 Å². The number of halogens is 1. The van der Waals surface area contributed by atoms with Gasteiger partial charge in [0, 0.05) is 23.1 Å². The molecule has 0 unspecified atom stereocenters. The lowest BCUT2D eigenvalue weighted by molar-refractivity contribution is 0.628. The highest BCUT2D eigenvalue weighted by molar-refractivity contribution is 5.60. The van der Waals surface area contributed by atoms with Gasteiger partial charge in [0.15, 0.2) is 0 Å². The number of nitrogens with zero attached hydrogens (tertiary/aromatic N) is 2. The second-order valence-corrected chi connectivity index (χ2v) is 5.53. The van der Waals surface area contributed by atoms with Gasteiger partial charge in [0.2, 0.25) is 5.95 Å². The number of aryl methyl sites for hydroxylation is 2. The lowest BCUT2D eigenvalue weighted by Gasteiger charge is -2.10. The van der Waals surface area contributed by atoms with Gasteiger partial charge in [0.05, 0.1) is 0 Å². The Bertz CT molecular complexity index is 814. The first-order valence-electron chi connectivity index (χ1n) is 7.86. The van der Waals surface area contributed by atoms with Crippen LogP contribution in [-0.4, -0.2) is 9.97 Å². The molecule has 3 rings (SSSR count). The molecule has 0 saturated heterocycles. The van der Waals surface area contributed by atoms with E-state index in [9.17, 15) is 4.39 Å². The number of benzene rings is 2. The summed E-state index contributed by atoms with van der Waals surface area (Å²) in [6.07, 6.45) is 1.01. The predicted molar refractivity (Wildman–Crippen MR) is 95.6 cm³/mol. The topological polar surface area (TPSA) is 49.8 Å². The highest BCUT2D eigenvalue weighted by Gasteiger charge is 2.04. The fourth-order valence-corrected chi connectivity index (χ4v) is 2.32. The summed E-state index contributed by atoms with van der Waals surface area (Å²) in [6, 6.07) is 16.2. The van der Waals surface area contributed by atoms with Crippen molar-refractivity contribution in [1.82, 2.24) is 9.97 Å². The molecule has 3 aromatic rings. The van der Waals surface area contributed by atoms with E-state index in [0.29, 0.717) is 11.8 Å². The monoisotopic (exact) mass is 322 g/mol. The quantitative estimate of drug-likeness (QED) is 0.696. The van der Waals surface area contributed by atoms with Crippen LogP contribution in [0.15, 0.2) is 54.6 Å². The van der Waals surface area contributed by atoms with Gasteiger partial charge in [-0.25, -0.2) is 9.37 Å². The number of hydrogen-bond acceptors (Lipinski definition) is 4. The van der Waals surface area contributed by atoms with Gasteiger partial charge < -0.3 is 10.6 Å². The molecule has 0 aliphatic carbocycles. The van der Waals surface area contributed by atoms with Crippen molar-refractivity contribution < 1.29 is 4.39 Å². The average molecular weight is 322 g/mol. The molecule has 5 heteroatoms. The van der Waals surface area contributed by atoms with Crippen molar-refractivity contribution in [2.45, 2.75) is 20.3 Å². The minimum Gasteiger partial charge on any atom is -0.340 e. The van der Waals surface area contributed by atoms with E-state index < -0.39 is 0 Å². The van der Waals surface area contributed by atoms with Gasteiger partial charge in [-0.1, -0.05) is 19.1 Å². The second kappa shape index (κ2) is 7.08. The minimum atomic E-state index is -0.274. The molecule has 0 atom stereocenters. The Morgan fingerprint density at radius 3 is 2.17 bits per heavy atom. The minimum absolute atomic E-state index is 0.274. The standard InChI is InChI=1S/C19H19FN4/c1-3-14-4-8-16(9-5-14)22-18-12-13(2)21-19(24-18)23-17-10-6-15(20)7-11-17/h4-12H,3H2,1-2H3,(H2,21,22,23,24). The van der Waals surface area contributed by atoms with Gasteiger partial charge in [-0.3, -0.25) is 0 Å². The van der Waals surface area contributed by atoms with Gasteiger partial charge in [-0.15, -0.1) is 0 Å². The van der Waals surface area contributed by atoms with Crippen LogP contribution < -0.4 is 10.6 Å². The molecule has 0 fully saturated rings. The molecule has 0 bridgehead atoms. The summed E-state index contributed by atoms with van der Waals surface area (Å²) in [5, 5.41) is 6.37. The summed E-state index contributed by atoms with van der Waals surface area (Å²) in [5.41, 5.74) is 3.83. The molecule has 0 spiro atoms. The number of anilines is 4. The zero-order valence-corrected chi connectivity index (χ0v) is 13.7. The Morgan fingerprint density at radius 1 is 0.875 bits per heavy atom. The summed E-state index contributed by atoms with van der Waals surface area (Å²) in [4.78, 5) is 8.83. The van der Waals surface area contributed by atoms with Gasteiger partial charge in [0.25, 0.3) is 0 Å². The Balaban J connectivity index is 1.78. The van der Waals surface area contributed by atoms with Crippen molar-refractivity contribution in [1.29, 1.82) is 0 Å². The molecule has 1 heterocycles. The Labute approximate surface area is 140 Å². The van der Waals surface area contributed by atoms with E-state index in [-0.39, 0.29) is 5.82 Å². The van der Waals surface area contributed by atoms with Crippen molar-refractivity contribution in [2.75, 3.05) is 10.6 Å². The highest BCUT2D eigenvalue weighted by Crippen LogP contribution is 2.20. The molecule has 4 nitrogen and oxygen atoms in total. The third kappa shape index (κ3) is 4.07. The summed E-state index contributed by atoms with van der Waals surface area (Å²) in [7, 11) is 0. The molecular formula is C19H19FN4. The van der Waals surface area contributed by atoms with Crippen LogP contribution >= 0.6 is 0 Å². The number of nitrogens with one attached hydrogen (secondary N) is 2. The van der Waals surface area contributed by atoms with Crippen LogP contribution in [0.1, 0.15) is 18.2 Å². The SMILES string of the molecule is CCc1ccc(Nc2cc(C)nc(Nc3ccc(F)cc3)n2)cc1. The van der Waals surface area contributed by atoms with E-state index in [4.69, 9.17) is 0 Å². The van der Waals surface area contributed by atoms with Crippen LogP contribution in [-0.2, 0) is 6.42 Å². The molecule has 1 aromatic heterocycles. The maximum Gasteiger partial charge on any atom is 0.229 e. The van der Waals surface area contributed by atoms with Gasteiger partial charge in [0.1, 0.15) is 11.6 Å². The smallest absolute Gasteiger partial charge is 0.229 e. The maximum absolute atomic E-state index is 13.0. The normalized spacial score (nSPS) is 10.5. The largest absolute Gasteiger partial charge is 0.340 e. The summed E-state index contributed by atoms with van der Waals surface area (Å²) in [5.74, 6) is 0.897. The number of rotatable bonds is 5. The maximum atomic E-state index is 13.0. The predicted octanol–water partition coefficient (Wildman–Crippen LogP) is 4.97. The van der Waals surface area contributed by atoms with E-state index in [1.54, 1.807) is 12.1 Å². The summed E-state index contributed by atoms with van der Waals surface area (Å²) < 4.78 is 13.0. The second-order valence-electron chi connectivity index (χ2n) is 5.53. The van der Waals surface area contributed by atoms with Crippen molar-refractivity contribution in [2.24, 2.45) is 0 Å². The zero-order valence-electron chi connectivity index (χ0n) is 13.7. The lowest BCUT2D eigenvalue weighted by atomic mass is 10.1. The van der Waals surface area contributed by atoms with E-state index in [1.165, 1.54) is 17.7 Å². The average Bonchev–Trinajstić information content (AvgIpc) is 2.57. The van der Waals surface area contributed by atoms with Crippen molar-refractivity contribution in [3.63, 3.8) is 0 Å². The van der Waals surface area contributed by atoms with E-state index >= 15 is 0 Å². The lowest BCUT2D eigenvalue weighted by Crippen LogP contribution is -2.02. The van der Waals surface area contributed by atoms with E-state index in [2.05, 4.69) is 39.7 Å². The molecule has 2 aromatic carbocycles. The van der Waals surface area contributed by atoms with Crippen LogP contribution in [0.3, 0.4) is 0 Å². The third-order valence-electron chi connectivity index (χ3n) is 3.59. The van der Waals surface area contributed by atoms with E-state index in [0.717, 1.165) is 23.5 Å². The van der Waals surface area contributed by atoms with Crippen LogP contribution in [0.5, 0.6) is 0 Å². The molecule has 0 radical (unpaired) electrons. The first-order chi connectivity index (χ1) is 11.6. The number of aromatic nitrogens is 2. The third-order valence-corrected chi connectivity index (χ3v) is 3.59. The summed E-state index contributed by atoms with van der Waals surface area (Å²) >= 11 is 0. The molecule has 0 amide bonds. The van der Waals surface area contributed by atoms with Crippen LogP contribution in [0.25, 0.3) is 0 Å². The molecular weight excluding hydrogens is 303 g/mol. The van der Waals surface area contributed by atoms with E-state index in [1.807, 2.05) is 25.1 Å². The zero-order chi connectivity index (χ0) is 16.9. The van der Waals surface area contributed by atoms with Crippen molar-refractivity contribution in [3.8, 4) is 0 Å². The Morgan fingerprint density at radius 2 is 1.50 bits per heavy atom. The molecule has 0 saturated carbocycles. The van der Waals surface area contributed by atoms with Gasteiger partial charge >= 0.3 is 0 Å². The van der Waals surface area contributed by atoms with Gasteiger partial charge in [-0.2, -0.15) is 4.98 Å². The Kier molecular flexibility index (Phi) is 4.70. The van der Waals surface area contributed by atoms with Crippen molar-refractivity contribution in [3.05, 3.63) is 71.7 Å².